The van der Waals surface area contributed by atoms with Crippen LogP contribution in [-0.2, 0) is 16.6 Å². The number of benzene rings is 2. The summed E-state index contributed by atoms with van der Waals surface area (Å²) < 4.78 is 13.0. The van der Waals surface area contributed by atoms with Crippen LogP contribution >= 0.6 is 0 Å². The van der Waals surface area contributed by atoms with Gasteiger partial charge in [-0.3, -0.25) is 0 Å². The Balaban J connectivity index is 2.19. The van der Waals surface area contributed by atoms with Gasteiger partial charge in [0.15, 0.2) is 0 Å². The first-order valence-electron chi connectivity index (χ1n) is 8.27. The minimum Gasteiger partial charge on any atom is -0.496 e. The quantitative estimate of drug-likeness (QED) is 0.514. The van der Waals surface area contributed by atoms with E-state index >= 15 is 0 Å². The van der Waals surface area contributed by atoms with Gasteiger partial charge >= 0.3 is 5.97 Å². The third-order valence-corrected chi connectivity index (χ3v) is 4.09. The van der Waals surface area contributed by atoms with Crippen LogP contribution in [0.4, 0.5) is 0 Å². The molecule has 0 unspecified atom stereocenters. The number of fused-ring (bicyclic) bond motifs is 3. The van der Waals surface area contributed by atoms with Crippen molar-refractivity contribution in [2.24, 2.45) is 7.05 Å². The van der Waals surface area contributed by atoms with Crippen LogP contribution in [0.15, 0.2) is 42.5 Å². The maximum absolute atomic E-state index is 12.1. The van der Waals surface area contributed by atoms with Gasteiger partial charge in [0.25, 0.3) is 0 Å². The fourth-order valence-corrected chi connectivity index (χ4v) is 3.09. The average molecular weight is 337 g/mol. The van der Waals surface area contributed by atoms with E-state index in [0.717, 1.165) is 33.1 Å². The van der Waals surface area contributed by atoms with E-state index in [0.29, 0.717) is 0 Å². The first kappa shape index (κ1) is 17.1. The molecule has 1 aromatic heterocycles. The van der Waals surface area contributed by atoms with E-state index in [1.54, 1.807) is 13.2 Å². The van der Waals surface area contributed by atoms with Crippen molar-refractivity contribution in [2.75, 3.05) is 7.11 Å². The van der Waals surface area contributed by atoms with Gasteiger partial charge in [-0.15, -0.1) is 0 Å². The van der Waals surface area contributed by atoms with E-state index in [2.05, 4.69) is 16.7 Å². The molecule has 0 atom stereocenters. The molecule has 3 aromatic rings. The number of rotatable bonds is 3. The number of ether oxygens (including phenoxy) is 2. The fourth-order valence-electron chi connectivity index (χ4n) is 3.09. The van der Waals surface area contributed by atoms with Crippen molar-refractivity contribution < 1.29 is 14.3 Å². The topological polar surface area (TPSA) is 40.5 Å². The number of methoxy groups -OCH3 is 1. The molecule has 3 rings (SSSR count). The third-order valence-electron chi connectivity index (χ3n) is 4.09. The van der Waals surface area contributed by atoms with Gasteiger partial charge in [0.1, 0.15) is 11.4 Å². The predicted octanol–water partition coefficient (Wildman–Crippen LogP) is 4.70. The Kier molecular flexibility index (Phi) is 4.29. The average Bonchev–Trinajstić information content (AvgIpc) is 2.84. The summed E-state index contributed by atoms with van der Waals surface area (Å²) in [7, 11) is 3.68. The lowest BCUT2D eigenvalue weighted by molar-refractivity contribution is -0.148. The summed E-state index contributed by atoms with van der Waals surface area (Å²) >= 11 is 0. The molecule has 25 heavy (non-hydrogen) atoms. The molecule has 4 heteroatoms. The highest BCUT2D eigenvalue weighted by Gasteiger charge is 2.16. The zero-order valence-electron chi connectivity index (χ0n) is 15.3. The summed E-state index contributed by atoms with van der Waals surface area (Å²) in [5.74, 6) is 0.357. The first-order chi connectivity index (χ1) is 11.8. The summed E-state index contributed by atoms with van der Waals surface area (Å²) in [6.07, 6.45) is 3.24. The van der Waals surface area contributed by atoms with Crippen LogP contribution in [0.25, 0.3) is 27.9 Å². The summed E-state index contributed by atoms with van der Waals surface area (Å²) in [5, 5.41) is 2.19. The molecule has 0 fully saturated rings. The van der Waals surface area contributed by atoms with Gasteiger partial charge in [0, 0.05) is 40.5 Å². The van der Waals surface area contributed by atoms with E-state index in [1.165, 1.54) is 6.08 Å². The monoisotopic (exact) mass is 337 g/mol. The van der Waals surface area contributed by atoms with Crippen molar-refractivity contribution in [1.82, 2.24) is 4.57 Å². The van der Waals surface area contributed by atoms with E-state index in [-0.39, 0.29) is 5.97 Å². The minimum absolute atomic E-state index is 0.369. The summed E-state index contributed by atoms with van der Waals surface area (Å²) in [4.78, 5) is 12.1. The van der Waals surface area contributed by atoms with Gasteiger partial charge < -0.3 is 14.0 Å². The van der Waals surface area contributed by atoms with Gasteiger partial charge in [0.05, 0.1) is 7.11 Å². The Morgan fingerprint density at radius 2 is 1.80 bits per heavy atom. The Morgan fingerprint density at radius 3 is 2.48 bits per heavy atom. The molecule has 0 saturated heterocycles. The van der Waals surface area contributed by atoms with E-state index < -0.39 is 5.60 Å². The molecular weight excluding hydrogens is 314 g/mol. The van der Waals surface area contributed by atoms with Crippen LogP contribution in [0, 0.1) is 0 Å². The van der Waals surface area contributed by atoms with Crippen LogP contribution in [0.1, 0.15) is 26.3 Å². The molecule has 1 heterocycles. The second-order valence-electron chi connectivity index (χ2n) is 7.02. The minimum atomic E-state index is -0.517. The first-order valence-corrected chi connectivity index (χ1v) is 8.27. The van der Waals surface area contributed by atoms with Gasteiger partial charge in [-0.1, -0.05) is 18.2 Å². The van der Waals surface area contributed by atoms with Crippen molar-refractivity contribution >= 4 is 33.9 Å². The van der Waals surface area contributed by atoms with Crippen LogP contribution < -0.4 is 4.74 Å². The van der Waals surface area contributed by atoms with Crippen LogP contribution in [0.5, 0.6) is 5.75 Å². The lowest BCUT2D eigenvalue weighted by atomic mass is 10.0. The number of aryl methyl sites for hydroxylation is 1. The van der Waals surface area contributed by atoms with Gasteiger partial charge in [-0.05, 0) is 45.0 Å². The Labute approximate surface area is 147 Å². The Morgan fingerprint density at radius 1 is 1.08 bits per heavy atom. The van der Waals surface area contributed by atoms with Gasteiger partial charge in [0.2, 0.25) is 0 Å². The zero-order chi connectivity index (χ0) is 18.2. The van der Waals surface area contributed by atoms with E-state index in [4.69, 9.17) is 9.47 Å². The van der Waals surface area contributed by atoms with Crippen molar-refractivity contribution in [2.45, 2.75) is 26.4 Å². The molecule has 0 amide bonds. The highest BCUT2D eigenvalue weighted by molar-refractivity contribution is 6.13. The third kappa shape index (κ3) is 3.25. The zero-order valence-corrected chi connectivity index (χ0v) is 15.3. The molecule has 0 saturated carbocycles. The maximum atomic E-state index is 12.1. The predicted molar refractivity (Wildman–Crippen MR) is 102 cm³/mol. The van der Waals surface area contributed by atoms with E-state index in [9.17, 15) is 4.79 Å². The van der Waals surface area contributed by atoms with Crippen LogP contribution in [0.2, 0.25) is 0 Å². The highest BCUT2D eigenvalue weighted by Crippen LogP contribution is 2.36. The Hall–Kier alpha value is -2.75. The lowest BCUT2D eigenvalue weighted by Gasteiger charge is -2.18. The summed E-state index contributed by atoms with van der Waals surface area (Å²) in [6.45, 7) is 5.56. The van der Waals surface area contributed by atoms with Crippen molar-refractivity contribution in [3.8, 4) is 5.75 Å². The number of carbonyl (C=O) groups is 1. The van der Waals surface area contributed by atoms with Gasteiger partial charge in [-0.2, -0.15) is 0 Å². The number of hydrogen-bond acceptors (Lipinski definition) is 3. The molecule has 0 aliphatic rings. The Bertz CT molecular complexity index is 974. The lowest BCUT2D eigenvalue weighted by Crippen LogP contribution is -2.22. The molecular formula is C21H23NO3. The number of aromatic nitrogens is 1. The number of hydrogen-bond donors (Lipinski definition) is 0. The molecule has 2 aromatic carbocycles. The fraction of sp³-hybridized carbons (Fsp3) is 0.286. The summed E-state index contributed by atoms with van der Waals surface area (Å²) in [5.41, 5.74) is 2.59. The summed E-state index contributed by atoms with van der Waals surface area (Å²) in [6, 6.07) is 12.2. The molecule has 130 valence electrons. The van der Waals surface area contributed by atoms with E-state index in [1.807, 2.05) is 52.1 Å². The van der Waals surface area contributed by atoms with Gasteiger partial charge in [-0.25, -0.2) is 4.79 Å². The standard InChI is InChI=1S/C21H23NO3/c1-21(2,3)25-19(23)13-10-15-18(24-5)12-11-17-20(15)14-8-6-7-9-16(14)22(17)4/h6-13H,1-5H3/b13-10+. The highest BCUT2D eigenvalue weighted by atomic mass is 16.6. The van der Waals surface area contributed by atoms with Crippen LogP contribution in [-0.4, -0.2) is 23.2 Å². The van der Waals surface area contributed by atoms with Crippen LogP contribution in [0.3, 0.4) is 0 Å². The normalized spacial score (nSPS) is 12.2. The van der Waals surface area contributed by atoms with Crippen molar-refractivity contribution in [1.29, 1.82) is 0 Å². The SMILES string of the molecule is COc1ccc2c(c1/C=C/C(=O)OC(C)(C)C)c1ccccc1n2C. The maximum Gasteiger partial charge on any atom is 0.331 e. The molecule has 0 spiro atoms. The molecule has 4 nitrogen and oxygen atoms in total. The molecule has 0 N–H and O–H groups in total. The second-order valence-corrected chi connectivity index (χ2v) is 7.02. The molecule has 0 aliphatic carbocycles. The molecule has 0 aliphatic heterocycles. The smallest absolute Gasteiger partial charge is 0.331 e. The van der Waals surface area contributed by atoms with Crippen molar-refractivity contribution in [3.63, 3.8) is 0 Å². The van der Waals surface area contributed by atoms with Crippen molar-refractivity contribution in [3.05, 3.63) is 48.0 Å². The number of carbonyl (C=O) groups excluding carboxylic acids is 1. The second kappa shape index (κ2) is 6.28. The largest absolute Gasteiger partial charge is 0.496 e. The number of nitrogens with zero attached hydrogens (tertiary/aromatic N) is 1. The number of esters is 1. The molecule has 0 radical (unpaired) electrons. The number of para-hydroxylation sites is 1. The molecule has 0 bridgehead atoms.